The summed E-state index contributed by atoms with van der Waals surface area (Å²) < 4.78 is 30.2. The SMILES string of the molecule is CN(C)S(=O)(=O)CCN1CCC(N2CCOCC2)C1. The van der Waals surface area contributed by atoms with Crippen molar-refractivity contribution in [2.24, 2.45) is 0 Å². The number of nitrogens with zero attached hydrogens (tertiary/aromatic N) is 3. The molecule has 19 heavy (non-hydrogen) atoms. The maximum Gasteiger partial charge on any atom is 0.214 e. The van der Waals surface area contributed by atoms with Crippen molar-refractivity contribution in [3.63, 3.8) is 0 Å². The van der Waals surface area contributed by atoms with Gasteiger partial charge in [-0.3, -0.25) is 4.90 Å². The normalized spacial score (nSPS) is 27.2. The van der Waals surface area contributed by atoms with Gasteiger partial charge >= 0.3 is 0 Å². The summed E-state index contributed by atoms with van der Waals surface area (Å²) in [4.78, 5) is 4.74. The Hall–Kier alpha value is -0.210. The van der Waals surface area contributed by atoms with Crippen molar-refractivity contribution in [2.75, 3.05) is 65.8 Å². The van der Waals surface area contributed by atoms with E-state index in [0.29, 0.717) is 12.6 Å². The van der Waals surface area contributed by atoms with Crippen LogP contribution in [-0.4, -0.2) is 94.4 Å². The zero-order valence-corrected chi connectivity index (χ0v) is 12.7. The molecular formula is C12H25N3O3S. The highest BCUT2D eigenvalue weighted by Gasteiger charge is 2.29. The van der Waals surface area contributed by atoms with Gasteiger partial charge in [0, 0.05) is 46.3 Å². The fourth-order valence-corrected chi connectivity index (χ4v) is 3.54. The van der Waals surface area contributed by atoms with Gasteiger partial charge in [-0.25, -0.2) is 12.7 Å². The maximum absolute atomic E-state index is 11.7. The monoisotopic (exact) mass is 291 g/mol. The molecule has 2 saturated heterocycles. The van der Waals surface area contributed by atoms with Gasteiger partial charge in [-0.1, -0.05) is 0 Å². The predicted octanol–water partition coefficient (Wildman–Crippen LogP) is -0.716. The molecule has 0 bridgehead atoms. The molecule has 0 radical (unpaired) electrons. The summed E-state index contributed by atoms with van der Waals surface area (Å²) in [6.45, 7) is 6.30. The van der Waals surface area contributed by atoms with E-state index in [2.05, 4.69) is 9.80 Å². The molecule has 0 amide bonds. The summed E-state index contributed by atoms with van der Waals surface area (Å²) in [6.07, 6.45) is 1.14. The van der Waals surface area contributed by atoms with Crippen molar-refractivity contribution in [3.05, 3.63) is 0 Å². The molecule has 0 aromatic rings. The molecule has 0 aromatic carbocycles. The summed E-state index contributed by atoms with van der Waals surface area (Å²) in [5.41, 5.74) is 0. The van der Waals surface area contributed by atoms with Crippen LogP contribution in [0.15, 0.2) is 0 Å². The molecule has 0 spiro atoms. The number of sulfonamides is 1. The highest BCUT2D eigenvalue weighted by molar-refractivity contribution is 7.89. The fraction of sp³-hybridized carbons (Fsp3) is 1.00. The van der Waals surface area contributed by atoms with Crippen LogP contribution in [0, 0.1) is 0 Å². The van der Waals surface area contributed by atoms with Crippen LogP contribution in [0.4, 0.5) is 0 Å². The zero-order chi connectivity index (χ0) is 13.9. The average molecular weight is 291 g/mol. The van der Waals surface area contributed by atoms with E-state index in [-0.39, 0.29) is 5.75 Å². The lowest BCUT2D eigenvalue weighted by atomic mass is 10.2. The minimum Gasteiger partial charge on any atom is -0.379 e. The molecule has 2 aliphatic heterocycles. The molecule has 0 N–H and O–H groups in total. The summed E-state index contributed by atoms with van der Waals surface area (Å²) in [5, 5.41) is 0. The molecular weight excluding hydrogens is 266 g/mol. The van der Waals surface area contributed by atoms with Gasteiger partial charge < -0.3 is 9.64 Å². The Labute approximate surface area is 116 Å². The number of hydrogen-bond acceptors (Lipinski definition) is 5. The maximum atomic E-state index is 11.7. The van der Waals surface area contributed by atoms with E-state index < -0.39 is 10.0 Å². The molecule has 2 aliphatic rings. The third kappa shape index (κ3) is 4.13. The molecule has 2 fully saturated rings. The van der Waals surface area contributed by atoms with Gasteiger partial charge in [0.15, 0.2) is 0 Å². The lowest BCUT2D eigenvalue weighted by molar-refractivity contribution is 0.0186. The second-order valence-corrected chi connectivity index (χ2v) is 7.79. The highest BCUT2D eigenvalue weighted by Crippen LogP contribution is 2.16. The summed E-state index contributed by atoms with van der Waals surface area (Å²) in [6, 6.07) is 0.575. The predicted molar refractivity (Wildman–Crippen MR) is 74.7 cm³/mol. The zero-order valence-electron chi connectivity index (χ0n) is 11.9. The Morgan fingerprint density at radius 2 is 1.89 bits per heavy atom. The van der Waals surface area contributed by atoms with Crippen LogP contribution < -0.4 is 0 Å². The van der Waals surface area contributed by atoms with Crippen molar-refractivity contribution in [1.82, 2.24) is 14.1 Å². The highest BCUT2D eigenvalue weighted by atomic mass is 32.2. The summed E-state index contributed by atoms with van der Waals surface area (Å²) >= 11 is 0. The van der Waals surface area contributed by atoms with Crippen LogP contribution in [0.5, 0.6) is 0 Å². The topological polar surface area (TPSA) is 53.1 Å². The number of morpholine rings is 1. The molecule has 2 rings (SSSR count). The van der Waals surface area contributed by atoms with Gasteiger partial charge in [0.2, 0.25) is 10.0 Å². The van der Waals surface area contributed by atoms with Crippen LogP contribution in [0.25, 0.3) is 0 Å². The van der Waals surface area contributed by atoms with Crippen molar-refractivity contribution in [3.8, 4) is 0 Å². The molecule has 2 heterocycles. The molecule has 0 aromatic heterocycles. The van der Waals surface area contributed by atoms with Gasteiger partial charge in [0.05, 0.1) is 19.0 Å². The first-order valence-corrected chi connectivity index (χ1v) is 8.54. The van der Waals surface area contributed by atoms with Crippen molar-refractivity contribution >= 4 is 10.0 Å². The third-order valence-corrected chi connectivity index (χ3v) is 5.84. The standard InChI is InChI=1S/C12H25N3O3S/c1-13(2)19(16,17)10-7-14-4-3-12(11-14)15-5-8-18-9-6-15/h12H,3-11H2,1-2H3. The van der Waals surface area contributed by atoms with E-state index in [1.165, 1.54) is 4.31 Å². The minimum atomic E-state index is -3.07. The average Bonchev–Trinajstić information content (AvgIpc) is 2.86. The molecule has 1 atom stereocenters. The number of hydrogen-bond donors (Lipinski definition) is 0. The first-order valence-electron chi connectivity index (χ1n) is 6.93. The molecule has 112 valence electrons. The van der Waals surface area contributed by atoms with E-state index >= 15 is 0 Å². The van der Waals surface area contributed by atoms with Crippen molar-refractivity contribution in [2.45, 2.75) is 12.5 Å². The Balaban J connectivity index is 1.76. The second-order valence-electron chi connectivity index (χ2n) is 5.49. The lowest BCUT2D eigenvalue weighted by Crippen LogP contribution is -2.45. The van der Waals surface area contributed by atoms with E-state index in [4.69, 9.17) is 4.74 Å². The van der Waals surface area contributed by atoms with Crippen LogP contribution in [-0.2, 0) is 14.8 Å². The van der Waals surface area contributed by atoms with Gasteiger partial charge in [-0.15, -0.1) is 0 Å². The van der Waals surface area contributed by atoms with Crippen LogP contribution in [0.3, 0.4) is 0 Å². The van der Waals surface area contributed by atoms with Crippen LogP contribution >= 0.6 is 0 Å². The van der Waals surface area contributed by atoms with Gasteiger partial charge in [0.1, 0.15) is 0 Å². The fourth-order valence-electron chi connectivity index (χ4n) is 2.68. The smallest absolute Gasteiger partial charge is 0.214 e. The summed E-state index contributed by atoms with van der Waals surface area (Å²) in [7, 11) is 0.116. The largest absolute Gasteiger partial charge is 0.379 e. The van der Waals surface area contributed by atoms with Crippen molar-refractivity contribution < 1.29 is 13.2 Å². The Morgan fingerprint density at radius 1 is 1.21 bits per heavy atom. The Bertz CT molecular complexity index is 380. The number of rotatable bonds is 5. The molecule has 0 aliphatic carbocycles. The first kappa shape index (κ1) is 15.2. The Kier molecular flexibility index (Phi) is 5.19. The number of ether oxygens (including phenoxy) is 1. The second kappa shape index (κ2) is 6.49. The van der Waals surface area contributed by atoms with Gasteiger partial charge in [0.25, 0.3) is 0 Å². The Morgan fingerprint density at radius 3 is 2.53 bits per heavy atom. The summed E-state index contributed by atoms with van der Waals surface area (Å²) in [5.74, 6) is 0.218. The first-order chi connectivity index (χ1) is 8.99. The third-order valence-electron chi connectivity index (χ3n) is 4.03. The minimum absolute atomic E-state index is 0.218. The molecule has 0 saturated carbocycles. The van der Waals surface area contributed by atoms with Gasteiger partial charge in [-0.2, -0.15) is 0 Å². The lowest BCUT2D eigenvalue weighted by Gasteiger charge is -2.32. The van der Waals surface area contributed by atoms with Gasteiger partial charge in [-0.05, 0) is 13.0 Å². The number of likely N-dealkylation sites (tertiary alicyclic amines) is 1. The van der Waals surface area contributed by atoms with Crippen LogP contribution in [0.2, 0.25) is 0 Å². The van der Waals surface area contributed by atoms with E-state index in [0.717, 1.165) is 45.8 Å². The van der Waals surface area contributed by atoms with Crippen molar-refractivity contribution in [1.29, 1.82) is 0 Å². The molecule has 1 unspecified atom stereocenters. The van der Waals surface area contributed by atoms with E-state index in [1.807, 2.05) is 0 Å². The van der Waals surface area contributed by atoms with E-state index in [9.17, 15) is 8.42 Å². The molecule has 7 heteroatoms. The molecule has 6 nitrogen and oxygen atoms in total. The van der Waals surface area contributed by atoms with E-state index in [1.54, 1.807) is 14.1 Å². The van der Waals surface area contributed by atoms with Crippen LogP contribution in [0.1, 0.15) is 6.42 Å². The quantitative estimate of drug-likeness (QED) is 0.669.